The molecule has 0 aliphatic heterocycles. The van der Waals surface area contributed by atoms with Crippen molar-refractivity contribution >= 4 is 17.4 Å². The van der Waals surface area contributed by atoms with Gasteiger partial charge in [0.05, 0.1) is 18.2 Å². The summed E-state index contributed by atoms with van der Waals surface area (Å²) >= 11 is 5.93. The molecule has 0 saturated heterocycles. The number of Topliss-reactive ketones (excluding diaryl/α,β-unsaturated/α-hetero) is 1. The van der Waals surface area contributed by atoms with Crippen LogP contribution in [0.25, 0.3) is 0 Å². The average molecular weight is 300 g/mol. The Morgan fingerprint density at radius 3 is 2.71 bits per heavy atom. The SMILES string of the molecule is CCOc1ccccc1C(=O)C(C#N)c1cccc(Cl)c1. The molecule has 21 heavy (non-hydrogen) atoms. The maximum absolute atomic E-state index is 12.6. The number of carbonyl (C=O) groups is 1. The third-order valence-electron chi connectivity index (χ3n) is 3.03. The topological polar surface area (TPSA) is 50.1 Å². The zero-order chi connectivity index (χ0) is 15.2. The number of nitrogens with zero attached hydrogens (tertiary/aromatic N) is 1. The quantitative estimate of drug-likeness (QED) is 0.776. The molecule has 2 aromatic rings. The van der Waals surface area contributed by atoms with Crippen LogP contribution < -0.4 is 4.74 Å². The molecule has 0 amide bonds. The van der Waals surface area contributed by atoms with Gasteiger partial charge in [-0.1, -0.05) is 35.9 Å². The number of carbonyl (C=O) groups excluding carboxylic acids is 1. The van der Waals surface area contributed by atoms with Gasteiger partial charge >= 0.3 is 0 Å². The molecule has 0 aliphatic carbocycles. The number of hydrogen-bond acceptors (Lipinski definition) is 3. The van der Waals surface area contributed by atoms with Gasteiger partial charge in [0.15, 0.2) is 5.78 Å². The first-order valence-electron chi connectivity index (χ1n) is 6.58. The van der Waals surface area contributed by atoms with E-state index in [0.717, 1.165) is 0 Å². The van der Waals surface area contributed by atoms with Crippen LogP contribution in [-0.2, 0) is 0 Å². The van der Waals surface area contributed by atoms with Crippen molar-refractivity contribution < 1.29 is 9.53 Å². The summed E-state index contributed by atoms with van der Waals surface area (Å²) in [7, 11) is 0. The van der Waals surface area contributed by atoms with Gasteiger partial charge in [-0.25, -0.2) is 0 Å². The molecule has 106 valence electrons. The fourth-order valence-electron chi connectivity index (χ4n) is 2.08. The summed E-state index contributed by atoms with van der Waals surface area (Å²) in [6.07, 6.45) is 0. The number of para-hydroxylation sites is 1. The summed E-state index contributed by atoms with van der Waals surface area (Å²) < 4.78 is 5.46. The lowest BCUT2D eigenvalue weighted by molar-refractivity contribution is 0.0975. The van der Waals surface area contributed by atoms with Crippen LogP contribution in [-0.4, -0.2) is 12.4 Å². The third kappa shape index (κ3) is 3.42. The molecule has 1 atom stereocenters. The molecule has 0 N–H and O–H groups in total. The van der Waals surface area contributed by atoms with E-state index in [1.54, 1.807) is 48.5 Å². The van der Waals surface area contributed by atoms with E-state index in [1.807, 2.05) is 13.0 Å². The molecular formula is C17H14ClNO2. The first kappa shape index (κ1) is 15.1. The lowest BCUT2D eigenvalue weighted by Gasteiger charge is -2.12. The van der Waals surface area contributed by atoms with Gasteiger partial charge < -0.3 is 4.74 Å². The minimum Gasteiger partial charge on any atom is -0.493 e. The largest absolute Gasteiger partial charge is 0.493 e. The maximum atomic E-state index is 12.6. The van der Waals surface area contributed by atoms with E-state index in [-0.39, 0.29) is 5.78 Å². The van der Waals surface area contributed by atoms with Crippen LogP contribution in [0.2, 0.25) is 5.02 Å². The van der Waals surface area contributed by atoms with Crippen molar-refractivity contribution in [2.75, 3.05) is 6.61 Å². The van der Waals surface area contributed by atoms with Crippen LogP contribution in [0, 0.1) is 11.3 Å². The number of benzene rings is 2. The van der Waals surface area contributed by atoms with E-state index >= 15 is 0 Å². The predicted octanol–water partition coefficient (Wildman–Crippen LogP) is 4.23. The summed E-state index contributed by atoms with van der Waals surface area (Å²) in [6.45, 7) is 2.30. The molecule has 0 aromatic heterocycles. The summed E-state index contributed by atoms with van der Waals surface area (Å²) in [5.74, 6) is -0.693. The fraction of sp³-hybridized carbons (Fsp3) is 0.176. The zero-order valence-corrected chi connectivity index (χ0v) is 12.3. The van der Waals surface area contributed by atoms with Gasteiger partial charge in [0.1, 0.15) is 11.7 Å². The zero-order valence-electron chi connectivity index (χ0n) is 11.5. The molecule has 0 heterocycles. The maximum Gasteiger partial charge on any atom is 0.188 e. The minimum atomic E-state index is -0.898. The smallest absolute Gasteiger partial charge is 0.188 e. The Kier molecular flexibility index (Phi) is 4.97. The molecule has 0 bridgehead atoms. The highest BCUT2D eigenvalue weighted by Crippen LogP contribution is 2.27. The minimum absolute atomic E-state index is 0.288. The van der Waals surface area contributed by atoms with Crippen molar-refractivity contribution in [2.24, 2.45) is 0 Å². The Morgan fingerprint density at radius 1 is 1.29 bits per heavy atom. The molecule has 0 radical (unpaired) electrons. The van der Waals surface area contributed by atoms with Crippen LogP contribution in [0.5, 0.6) is 5.75 Å². The standard InChI is InChI=1S/C17H14ClNO2/c1-2-21-16-9-4-3-8-14(16)17(20)15(11-19)12-6-5-7-13(18)10-12/h3-10,15H,2H2,1H3. The number of nitriles is 1. The van der Waals surface area contributed by atoms with E-state index in [4.69, 9.17) is 16.3 Å². The molecule has 0 saturated carbocycles. The summed E-state index contributed by atoms with van der Waals surface area (Å²) in [5.41, 5.74) is 0.993. The molecule has 2 rings (SSSR count). The molecule has 0 aliphatic rings. The van der Waals surface area contributed by atoms with E-state index in [0.29, 0.717) is 28.5 Å². The van der Waals surface area contributed by atoms with Gasteiger partial charge in [-0.05, 0) is 36.8 Å². The molecule has 1 unspecified atom stereocenters. The summed E-state index contributed by atoms with van der Waals surface area (Å²) in [5, 5.41) is 9.87. The highest BCUT2D eigenvalue weighted by Gasteiger charge is 2.24. The van der Waals surface area contributed by atoms with Gasteiger partial charge in [0.2, 0.25) is 0 Å². The number of ether oxygens (including phenoxy) is 1. The number of hydrogen-bond donors (Lipinski definition) is 0. The van der Waals surface area contributed by atoms with E-state index in [9.17, 15) is 10.1 Å². The van der Waals surface area contributed by atoms with Gasteiger partial charge in [0, 0.05) is 5.02 Å². The molecule has 4 heteroatoms. The first-order valence-corrected chi connectivity index (χ1v) is 6.96. The number of rotatable bonds is 5. The van der Waals surface area contributed by atoms with Gasteiger partial charge in [-0.15, -0.1) is 0 Å². The monoisotopic (exact) mass is 299 g/mol. The average Bonchev–Trinajstić information content (AvgIpc) is 2.49. The van der Waals surface area contributed by atoms with Crippen molar-refractivity contribution in [1.82, 2.24) is 0 Å². The van der Waals surface area contributed by atoms with Crippen molar-refractivity contribution in [3.63, 3.8) is 0 Å². The van der Waals surface area contributed by atoms with E-state index < -0.39 is 5.92 Å². The molecule has 3 nitrogen and oxygen atoms in total. The van der Waals surface area contributed by atoms with Crippen LogP contribution in [0.4, 0.5) is 0 Å². The van der Waals surface area contributed by atoms with Gasteiger partial charge in [0.25, 0.3) is 0 Å². The second-order valence-corrected chi connectivity index (χ2v) is 4.85. The Bertz CT molecular complexity index is 691. The predicted molar refractivity (Wildman–Crippen MR) is 81.7 cm³/mol. The van der Waals surface area contributed by atoms with Crippen LogP contribution in [0.1, 0.15) is 28.8 Å². The van der Waals surface area contributed by atoms with Crippen LogP contribution in [0.3, 0.4) is 0 Å². The van der Waals surface area contributed by atoms with E-state index in [1.165, 1.54) is 0 Å². The number of ketones is 1. The van der Waals surface area contributed by atoms with Gasteiger partial charge in [-0.3, -0.25) is 4.79 Å². The first-order chi connectivity index (χ1) is 10.2. The molecule has 2 aromatic carbocycles. The fourth-order valence-corrected chi connectivity index (χ4v) is 2.28. The molecule has 0 spiro atoms. The third-order valence-corrected chi connectivity index (χ3v) is 3.26. The lowest BCUT2D eigenvalue weighted by Crippen LogP contribution is -2.13. The van der Waals surface area contributed by atoms with Crippen molar-refractivity contribution in [2.45, 2.75) is 12.8 Å². The van der Waals surface area contributed by atoms with Gasteiger partial charge in [-0.2, -0.15) is 5.26 Å². The lowest BCUT2D eigenvalue weighted by atomic mass is 9.91. The molecule has 0 fully saturated rings. The Balaban J connectivity index is 2.40. The normalized spacial score (nSPS) is 11.5. The summed E-state index contributed by atoms with van der Waals surface area (Å²) in [4.78, 5) is 12.6. The second kappa shape index (κ2) is 6.92. The Morgan fingerprint density at radius 2 is 2.05 bits per heavy atom. The highest BCUT2D eigenvalue weighted by atomic mass is 35.5. The van der Waals surface area contributed by atoms with Crippen molar-refractivity contribution in [3.8, 4) is 11.8 Å². The second-order valence-electron chi connectivity index (χ2n) is 4.41. The van der Waals surface area contributed by atoms with Crippen molar-refractivity contribution in [1.29, 1.82) is 5.26 Å². The van der Waals surface area contributed by atoms with Crippen LogP contribution >= 0.6 is 11.6 Å². The Labute approximate surface area is 128 Å². The highest BCUT2D eigenvalue weighted by molar-refractivity contribution is 6.30. The van der Waals surface area contributed by atoms with Crippen LogP contribution in [0.15, 0.2) is 48.5 Å². The Hall–Kier alpha value is -2.31. The van der Waals surface area contributed by atoms with Crippen molar-refractivity contribution in [3.05, 3.63) is 64.7 Å². The summed E-state index contributed by atoms with van der Waals surface area (Å²) in [6, 6.07) is 15.8. The molecular weight excluding hydrogens is 286 g/mol. The van der Waals surface area contributed by atoms with E-state index in [2.05, 4.69) is 0 Å². The number of halogens is 1.